The van der Waals surface area contributed by atoms with Gasteiger partial charge in [0.25, 0.3) is 0 Å². The first-order chi connectivity index (χ1) is 16.1. The van der Waals surface area contributed by atoms with E-state index >= 15 is 0 Å². The maximum absolute atomic E-state index is 9.31. The van der Waals surface area contributed by atoms with Crippen molar-refractivity contribution in [3.05, 3.63) is 110 Å². The summed E-state index contributed by atoms with van der Waals surface area (Å²) in [7, 11) is 0. The van der Waals surface area contributed by atoms with E-state index in [1.807, 2.05) is 54.6 Å². The maximum Gasteiger partial charge on any atom is 2.00 e. The van der Waals surface area contributed by atoms with Gasteiger partial charge in [-0.15, -0.1) is 0 Å². The van der Waals surface area contributed by atoms with E-state index in [-0.39, 0.29) is 69.0 Å². The van der Waals surface area contributed by atoms with Crippen LogP contribution in [-0.4, -0.2) is 79.2 Å². The summed E-state index contributed by atoms with van der Waals surface area (Å²) in [6.45, 7) is 0. The Balaban J connectivity index is 0.000000259. The average Bonchev–Trinajstić information content (AvgIpc) is 2.86. The van der Waals surface area contributed by atoms with Crippen molar-refractivity contribution in [1.29, 1.82) is 0 Å². The van der Waals surface area contributed by atoms with Crippen LogP contribution in [0.4, 0.5) is 0 Å². The van der Waals surface area contributed by atoms with Gasteiger partial charge >= 0.3 is 48.9 Å². The molecule has 0 aliphatic carbocycles. The molecule has 6 rings (SSSR count). The van der Waals surface area contributed by atoms with Gasteiger partial charge in [0, 0.05) is 34.7 Å². The topological polar surface area (TPSA) is 99.4 Å². The summed E-state index contributed by atoms with van der Waals surface area (Å²) in [5, 5.41) is 30.8. The molecule has 0 spiro atoms. The Bertz CT molecular complexity index is 1340. The van der Waals surface area contributed by atoms with E-state index in [4.69, 9.17) is 0 Å². The predicted octanol–water partition coefficient (Wildman–Crippen LogP) is 5.67. The molecule has 6 aromatic rings. The standard InChI is InChI=1S/3C9H7NO.Ba.2H/c3*11-8-5-1-3-7-4-2-6-10-9(7)8;;;/h3*1-6,11H;;;/q;;;+2;2*-1. The molecule has 6 nitrogen and oxygen atoms in total. The number of para-hydroxylation sites is 3. The van der Waals surface area contributed by atoms with E-state index in [1.54, 1.807) is 55.0 Å². The van der Waals surface area contributed by atoms with Crippen LogP contribution < -0.4 is 0 Å². The van der Waals surface area contributed by atoms with Crippen molar-refractivity contribution < 1.29 is 18.2 Å². The molecule has 0 radical (unpaired) electrons. The van der Waals surface area contributed by atoms with Gasteiger partial charge in [-0.2, -0.15) is 0 Å². The Labute approximate surface area is 239 Å². The fourth-order valence-electron chi connectivity index (χ4n) is 3.26. The molecule has 3 aromatic carbocycles. The number of aromatic hydroxyl groups is 3. The number of nitrogens with zero attached hydrogens (tertiary/aromatic N) is 3. The zero-order valence-electron chi connectivity index (χ0n) is 20.3. The van der Waals surface area contributed by atoms with E-state index in [0.29, 0.717) is 16.6 Å². The van der Waals surface area contributed by atoms with Gasteiger partial charge in [0.15, 0.2) is 0 Å². The van der Waals surface area contributed by atoms with Gasteiger partial charge in [-0.05, 0) is 36.4 Å². The number of hydrogen-bond donors (Lipinski definition) is 3. The predicted molar refractivity (Wildman–Crippen MR) is 138 cm³/mol. The Hall–Kier alpha value is -3.14. The number of phenols is 3. The number of benzene rings is 3. The summed E-state index contributed by atoms with van der Waals surface area (Å²) in [4.78, 5) is 12.1. The van der Waals surface area contributed by atoms with E-state index in [1.165, 1.54) is 0 Å². The number of pyridine rings is 3. The van der Waals surface area contributed by atoms with E-state index < -0.39 is 0 Å². The Kier molecular flexibility index (Phi) is 9.26. The third kappa shape index (κ3) is 6.25. The zero-order chi connectivity index (χ0) is 23.0. The van der Waals surface area contributed by atoms with Gasteiger partial charge in [0.1, 0.15) is 33.8 Å². The van der Waals surface area contributed by atoms with Gasteiger partial charge in [-0.1, -0.05) is 54.6 Å². The van der Waals surface area contributed by atoms with Crippen LogP contribution in [0, 0.1) is 0 Å². The smallest absolute Gasteiger partial charge is 1.00 e. The number of hydrogen-bond acceptors (Lipinski definition) is 6. The molecule has 3 heterocycles. The molecule has 0 bridgehead atoms. The van der Waals surface area contributed by atoms with Crippen LogP contribution in [-0.2, 0) is 0 Å². The molecule has 0 unspecified atom stereocenters. The van der Waals surface area contributed by atoms with Crippen molar-refractivity contribution in [2.45, 2.75) is 0 Å². The third-order valence-electron chi connectivity index (χ3n) is 4.83. The Morgan fingerprint density at radius 2 is 0.676 bits per heavy atom. The first kappa shape index (κ1) is 25.5. The van der Waals surface area contributed by atoms with Crippen LogP contribution in [0.2, 0.25) is 0 Å². The molecule has 0 aliphatic heterocycles. The summed E-state index contributed by atoms with van der Waals surface area (Å²) in [5.41, 5.74) is 1.99. The molecule has 166 valence electrons. The molecule has 7 heteroatoms. The molecule has 0 amide bonds. The van der Waals surface area contributed by atoms with Gasteiger partial charge in [-0.25, -0.2) is 0 Å². The second kappa shape index (κ2) is 12.4. The van der Waals surface area contributed by atoms with Crippen LogP contribution in [0.15, 0.2) is 110 Å². The molecule has 3 N–H and O–H groups in total. The van der Waals surface area contributed by atoms with Gasteiger partial charge in [0.05, 0.1) is 0 Å². The van der Waals surface area contributed by atoms with Crippen LogP contribution in [0.1, 0.15) is 2.85 Å². The number of aromatic nitrogens is 3. The van der Waals surface area contributed by atoms with Crippen LogP contribution in [0.5, 0.6) is 17.2 Å². The number of rotatable bonds is 0. The van der Waals surface area contributed by atoms with Gasteiger partial charge in [-0.3, -0.25) is 15.0 Å². The summed E-state index contributed by atoms with van der Waals surface area (Å²) in [6, 6.07) is 27.4. The van der Waals surface area contributed by atoms with Crippen molar-refractivity contribution in [1.82, 2.24) is 15.0 Å². The van der Waals surface area contributed by atoms with Crippen molar-refractivity contribution in [3.8, 4) is 17.2 Å². The quantitative estimate of drug-likeness (QED) is 0.202. The second-order valence-electron chi connectivity index (χ2n) is 7.06. The van der Waals surface area contributed by atoms with Crippen LogP contribution in [0.3, 0.4) is 0 Å². The minimum absolute atomic E-state index is 0. The fraction of sp³-hybridized carbons (Fsp3) is 0. The van der Waals surface area contributed by atoms with Crippen molar-refractivity contribution in [2.24, 2.45) is 0 Å². The normalized spacial score (nSPS) is 9.88. The molecular weight excluding hydrogens is 552 g/mol. The summed E-state index contributed by atoms with van der Waals surface area (Å²) in [5.74, 6) is 0.717. The monoisotopic (exact) mass is 575 g/mol. The largest absolute Gasteiger partial charge is 2.00 e. The number of phenolic OH excluding ortho intramolecular Hbond substituents is 3. The molecule has 34 heavy (non-hydrogen) atoms. The fourth-order valence-corrected chi connectivity index (χ4v) is 3.26. The minimum Gasteiger partial charge on any atom is -1.00 e. The third-order valence-corrected chi connectivity index (χ3v) is 4.83. The minimum atomic E-state index is 0. The molecule has 3 aromatic heterocycles. The van der Waals surface area contributed by atoms with Gasteiger partial charge < -0.3 is 18.2 Å². The first-order valence-electron chi connectivity index (χ1n) is 10.2. The van der Waals surface area contributed by atoms with Crippen molar-refractivity contribution >= 4 is 81.6 Å². The van der Waals surface area contributed by atoms with E-state index in [0.717, 1.165) is 16.2 Å². The van der Waals surface area contributed by atoms with Crippen molar-refractivity contribution in [3.63, 3.8) is 0 Å². The summed E-state index contributed by atoms with van der Waals surface area (Å²) < 4.78 is 0. The molecule has 0 aliphatic rings. The Morgan fingerprint density at radius 3 is 0.941 bits per heavy atom. The molecule has 0 fully saturated rings. The molecular formula is C27H23BaN3O3. The SMILES string of the molecule is Oc1cccc2cccnc12.Oc1cccc2cccnc12.Oc1cccc2cccnc12.[Ba+2].[H-].[H-]. The van der Waals surface area contributed by atoms with Gasteiger partial charge in [0.2, 0.25) is 0 Å². The summed E-state index contributed by atoms with van der Waals surface area (Å²) >= 11 is 0. The average molecular weight is 575 g/mol. The Morgan fingerprint density at radius 1 is 0.412 bits per heavy atom. The first-order valence-corrected chi connectivity index (χ1v) is 10.2. The second-order valence-corrected chi connectivity index (χ2v) is 7.06. The van der Waals surface area contributed by atoms with E-state index in [9.17, 15) is 15.3 Å². The molecule has 0 saturated heterocycles. The van der Waals surface area contributed by atoms with E-state index in [2.05, 4.69) is 15.0 Å². The van der Waals surface area contributed by atoms with Crippen molar-refractivity contribution in [2.75, 3.05) is 0 Å². The van der Waals surface area contributed by atoms with Crippen LogP contribution >= 0.6 is 0 Å². The molecule has 0 atom stereocenters. The van der Waals surface area contributed by atoms with Crippen LogP contribution in [0.25, 0.3) is 32.7 Å². The summed E-state index contributed by atoms with van der Waals surface area (Å²) in [6.07, 6.45) is 5.01. The molecule has 0 saturated carbocycles. The maximum atomic E-state index is 9.31. The number of fused-ring (bicyclic) bond motifs is 3. The zero-order valence-corrected chi connectivity index (χ0v) is 22.7.